The minimum atomic E-state index is -4.04. The number of hydrogen-bond donors (Lipinski definition) is 2. The molecule has 0 saturated carbocycles. The number of nitrogens with one attached hydrogen (secondary N) is 1. The molecule has 0 aliphatic rings. The molecule has 0 aliphatic carbocycles. The molecule has 1 aromatic heterocycles. The lowest BCUT2D eigenvalue weighted by Gasteiger charge is -2.09. The minimum Gasteiger partial charge on any atom is -0.398 e. The topological polar surface area (TPSA) is 132 Å². The van der Waals surface area contributed by atoms with Gasteiger partial charge in [0, 0.05) is 6.26 Å². The van der Waals surface area contributed by atoms with Gasteiger partial charge in [-0.3, -0.25) is 4.72 Å². The fourth-order valence-electron chi connectivity index (χ4n) is 1.49. The Morgan fingerprint density at radius 1 is 1.19 bits per heavy atom. The number of aryl methyl sites for hydroxylation is 1. The van der Waals surface area contributed by atoms with Crippen molar-refractivity contribution < 1.29 is 16.8 Å². The summed E-state index contributed by atoms with van der Waals surface area (Å²) in [6.07, 6.45) is 0.983. The third-order valence-electron chi connectivity index (χ3n) is 2.45. The van der Waals surface area contributed by atoms with Crippen LogP contribution in [0.25, 0.3) is 0 Å². The van der Waals surface area contributed by atoms with Crippen LogP contribution >= 0.6 is 11.3 Å². The maximum absolute atomic E-state index is 12.3. The Balaban J connectivity index is 2.49. The van der Waals surface area contributed by atoms with Crippen LogP contribution in [-0.4, -0.2) is 33.3 Å². The van der Waals surface area contributed by atoms with Crippen LogP contribution in [0.2, 0.25) is 0 Å². The van der Waals surface area contributed by atoms with E-state index in [2.05, 4.69) is 14.9 Å². The van der Waals surface area contributed by atoms with Crippen LogP contribution in [0.15, 0.2) is 28.0 Å². The SMILES string of the molecule is Cc1nnc(NS(=O)(=O)c2cc(S(C)(=O)=O)ccc2N)s1. The number of anilines is 2. The van der Waals surface area contributed by atoms with Crippen LogP contribution in [0.5, 0.6) is 0 Å². The van der Waals surface area contributed by atoms with Gasteiger partial charge in [-0.25, -0.2) is 16.8 Å². The first kappa shape index (κ1) is 15.7. The Kier molecular flexibility index (Phi) is 3.91. The van der Waals surface area contributed by atoms with Crippen molar-refractivity contribution in [3.8, 4) is 0 Å². The molecule has 1 heterocycles. The van der Waals surface area contributed by atoms with Crippen molar-refractivity contribution in [2.75, 3.05) is 16.7 Å². The number of nitrogen functional groups attached to an aromatic ring is 1. The first-order valence-electron chi connectivity index (χ1n) is 5.52. The van der Waals surface area contributed by atoms with Gasteiger partial charge >= 0.3 is 0 Å². The van der Waals surface area contributed by atoms with Gasteiger partial charge in [-0.05, 0) is 25.1 Å². The Bertz CT molecular complexity index is 887. The number of nitrogens with zero attached hydrogens (tertiary/aromatic N) is 2. The maximum atomic E-state index is 12.3. The van der Waals surface area contributed by atoms with Crippen LogP contribution in [0.1, 0.15) is 5.01 Å². The minimum absolute atomic E-state index is 0.0591. The van der Waals surface area contributed by atoms with E-state index in [1.807, 2.05) is 0 Å². The molecule has 21 heavy (non-hydrogen) atoms. The molecule has 0 amide bonds. The Morgan fingerprint density at radius 2 is 1.86 bits per heavy atom. The molecule has 0 saturated heterocycles. The second kappa shape index (κ2) is 5.24. The number of hydrogen-bond acceptors (Lipinski definition) is 8. The van der Waals surface area contributed by atoms with Gasteiger partial charge in [0.2, 0.25) is 5.13 Å². The third kappa shape index (κ3) is 3.49. The zero-order valence-electron chi connectivity index (χ0n) is 11.1. The molecule has 114 valence electrons. The number of sulfonamides is 1. The van der Waals surface area contributed by atoms with E-state index < -0.39 is 19.9 Å². The smallest absolute Gasteiger partial charge is 0.265 e. The zero-order valence-corrected chi connectivity index (χ0v) is 13.5. The molecule has 0 atom stereocenters. The number of rotatable bonds is 4. The van der Waals surface area contributed by atoms with E-state index in [9.17, 15) is 16.8 Å². The molecular formula is C10H12N4O4S3. The molecule has 0 aliphatic heterocycles. The van der Waals surface area contributed by atoms with Crippen molar-refractivity contribution in [3.63, 3.8) is 0 Å². The highest BCUT2D eigenvalue weighted by atomic mass is 32.2. The van der Waals surface area contributed by atoms with E-state index in [1.165, 1.54) is 12.1 Å². The highest BCUT2D eigenvalue weighted by Crippen LogP contribution is 2.25. The summed E-state index contributed by atoms with van der Waals surface area (Å²) in [5.41, 5.74) is 5.57. The highest BCUT2D eigenvalue weighted by Gasteiger charge is 2.22. The molecule has 2 rings (SSSR count). The van der Waals surface area contributed by atoms with Gasteiger partial charge in [0.1, 0.15) is 9.90 Å². The van der Waals surface area contributed by atoms with E-state index in [1.54, 1.807) is 6.92 Å². The van der Waals surface area contributed by atoms with Crippen LogP contribution in [0, 0.1) is 6.92 Å². The predicted molar refractivity (Wildman–Crippen MR) is 79.4 cm³/mol. The molecular weight excluding hydrogens is 336 g/mol. The summed E-state index contributed by atoms with van der Waals surface area (Å²) in [5.74, 6) is 0. The fourth-order valence-corrected chi connectivity index (χ4v) is 4.19. The fraction of sp³-hybridized carbons (Fsp3) is 0.200. The van der Waals surface area contributed by atoms with Crippen molar-refractivity contribution in [1.29, 1.82) is 0 Å². The lowest BCUT2D eigenvalue weighted by atomic mass is 10.3. The molecule has 0 radical (unpaired) electrons. The predicted octanol–water partition coefficient (Wildman–Crippen LogP) is 0.633. The highest BCUT2D eigenvalue weighted by molar-refractivity contribution is 7.93. The Labute approximate surface area is 126 Å². The van der Waals surface area contributed by atoms with Gasteiger partial charge in [0.15, 0.2) is 9.84 Å². The van der Waals surface area contributed by atoms with E-state index in [0.29, 0.717) is 5.01 Å². The van der Waals surface area contributed by atoms with E-state index in [-0.39, 0.29) is 20.6 Å². The first-order chi connectivity index (χ1) is 9.59. The van der Waals surface area contributed by atoms with Gasteiger partial charge in [-0.2, -0.15) is 0 Å². The lowest BCUT2D eigenvalue weighted by molar-refractivity contribution is 0.600. The molecule has 3 N–H and O–H groups in total. The van der Waals surface area contributed by atoms with E-state index >= 15 is 0 Å². The van der Waals surface area contributed by atoms with Gasteiger partial charge in [-0.1, -0.05) is 11.3 Å². The van der Waals surface area contributed by atoms with Crippen LogP contribution in [0.3, 0.4) is 0 Å². The number of sulfone groups is 1. The van der Waals surface area contributed by atoms with E-state index in [4.69, 9.17) is 5.73 Å². The van der Waals surface area contributed by atoms with Gasteiger partial charge in [-0.15, -0.1) is 10.2 Å². The molecule has 0 unspecified atom stereocenters. The van der Waals surface area contributed by atoms with Crippen LogP contribution < -0.4 is 10.5 Å². The second-order valence-corrected chi connectivity index (χ2v) is 9.05. The average Bonchev–Trinajstić information content (AvgIpc) is 2.72. The summed E-state index contributed by atoms with van der Waals surface area (Å²) in [6, 6.07) is 3.50. The van der Waals surface area contributed by atoms with Crippen molar-refractivity contribution in [1.82, 2.24) is 10.2 Å². The van der Waals surface area contributed by atoms with Crippen molar-refractivity contribution in [2.45, 2.75) is 16.7 Å². The van der Waals surface area contributed by atoms with E-state index in [0.717, 1.165) is 23.7 Å². The summed E-state index contributed by atoms with van der Waals surface area (Å²) in [7, 11) is -7.59. The largest absolute Gasteiger partial charge is 0.398 e. The molecule has 8 nitrogen and oxygen atoms in total. The quantitative estimate of drug-likeness (QED) is 0.774. The molecule has 0 spiro atoms. The van der Waals surface area contributed by atoms with Crippen LogP contribution in [0.4, 0.5) is 10.8 Å². The summed E-state index contributed by atoms with van der Waals surface area (Å²) >= 11 is 1.05. The molecule has 2 aromatic rings. The summed E-state index contributed by atoms with van der Waals surface area (Å²) in [5, 5.41) is 8.00. The van der Waals surface area contributed by atoms with Gasteiger partial charge in [0.25, 0.3) is 10.0 Å². The number of nitrogens with two attached hydrogens (primary N) is 1. The summed E-state index contributed by atoms with van der Waals surface area (Å²) in [4.78, 5) is -0.455. The van der Waals surface area contributed by atoms with Crippen LogP contribution in [-0.2, 0) is 19.9 Å². The second-order valence-electron chi connectivity index (χ2n) is 4.20. The number of benzene rings is 1. The molecule has 11 heteroatoms. The molecule has 0 bridgehead atoms. The normalized spacial score (nSPS) is 12.3. The Hall–Kier alpha value is -1.72. The standard InChI is InChI=1S/C10H12N4O4S3/c1-6-12-13-10(19-6)14-21(17,18)9-5-7(20(2,15)16)3-4-8(9)11/h3-5H,11H2,1-2H3,(H,13,14). The number of aromatic nitrogens is 2. The maximum Gasteiger partial charge on any atom is 0.265 e. The third-order valence-corrected chi connectivity index (χ3v) is 5.84. The lowest BCUT2D eigenvalue weighted by Crippen LogP contribution is -2.15. The first-order valence-corrected chi connectivity index (χ1v) is 9.71. The Morgan fingerprint density at radius 3 is 2.38 bits per heavy atom. The van der Waals surface area contributed by atoms with Crippen molar-refractivity contribution in [3.05, 3.63) is 23.2 Å². The van der Waals surface area contributed by atoms with Gasteiger partial charge in [0.05, 0.1) is 10.6 Å². The molecule has 0 fully saturated rings. The summed E-state index contributed by atoms with van der Waals surface area (Å²) in [6.45, 7) is 1.67. The van der Waals surface area contributed by atoms with Crippen molar-refractivity contribution >= 4 is 42.0 Å². The van der Waals surface area contributed by atoms with Crippen molar-refractivity contribution in [2.24, 2.45) is 0 Å². The van der Waals surface area contributed by atoms with Gasteiger partial charge < -0.3 is 5.73 Å². The summed E-state index contributed by atoms with van der Waals surface area (Å²) < 4.78 is 49.8. The zero-order chi connectivity index (χ0) is 15.8. The average molecular weight is 348 g/mol. The molecule has 1 aromatic carbocycles. The monoisotopic (exact) mass is 348 g/mol.